The molecule has 0 bridgehead atoms. The molecule has 0 spiro atoms. The summed E-state index contributed by atoms with van der Waals surface area (Å²) in [6, 6.07) is -0.00368. The zero-order valence-corrected chi connectivity index (χ0v) is 7.47. The van der Waals surface area contributed by atoms with Gasteiger partial charge >= 0.3 is 0 Å². The van der Waals surface area contributed by atoms with E-state index in [1.54, 1.807) is 6.20 Å². The molecule has 0 aliphatic rings. The number of rotatable bonds is 4. The highest BCUT2D eigenvalue weighted by atomic mass is 16.2. The molecule has 6 nitrogen and oxygen atoms in total. The van der Waals surface area contributed by atoms with E-state index in [0.717, 1.165) is 0 Å². The summed E-state index contributed by atoms with van der Waals surface area (Å²) >= 11 is 0. The van der Waals surface area contributed by atoms with Crippen LogP contribution in [0, 0.1) is 0 Å². The van der Waals surface area contributed by atoms with Gasteiger partial charge in [-0.1, -0.05) is 5.21 Å². The summed E-state index contributed by atoms with van der Waals surface area (Å²) in [5.41, 5.74) is 5.34. The Morgan fingerprint density at radius 3 is 3.08 bits per heavy atom. The molecule has 1 aromatic heterocycles. The summed E-state index contributed by atoms with van der Waals surface area (Å²) in [7, 11) is 0. The SMILES string of the molecule is C[C@H](CN)NC(=O)Cn1ccnn1. The lowest BCUT2D eigenvalue weighted by Crippen LogP contribution is -2.39. The molecule has 1 aromatic rings. The summed E-state index contributed by atoms with van der Waals surface area (Å²) in [6.07, 6.45) is 3.16. The van der Waals surface area contributed by atoms with Crippen molar-refractivity contribution in [2.75, 3.05) is 6.54 Å². The third-order valence-corrected chi connectivity index (χ3v) is 1.54. The number of amides is 1. The van der Waals surface area contributed by atoms with Crippen LogP contribution in [0.1, 0.15) is 6.92 Å². The molecule has 3 N–H and O–H groups in total. The van der Waals surface area contributed by atoms with Crippen molar-refractivity contribution in [1.82, 2.24) is 20.3 Å². The minimum Gasteiger partial charge on any atom is -0.351 e. The fraction of sp³-hybridized carbons (Fsp3) is 0.571. The van der Waals surface area contributed by atoms with E-state index in [4.69, 9.17) is 5.73 Å². The van der Waals surface area contributed by atoms with Gasteiger partial charge in [0.05, 0.1) is 6.20 Å². The van der Waals surface area contributed by atoms with Gasteiger partial charge in [-0.15, -0.1) is 5.10 Å². The van der Waals surface area contributed by atoms with Gasteiger partial charge in [-0.05, 0) is 6.92 Å². The van der Waals surface area contributed by atoms with E-state index in [-0.39, 0.29) is 18.5 Å². The van der Waals surface area contributed by atoms with Crippen molar-refractivity contribution in [3.8, 4) is 0 Å². The third-order valence-electron chi connectivity index (χ3n) is 1.54. The summed E-state index contributed by atoms with van der Waals surface area (Å²) in [5, 5.41) is 9.96. The van der Waals surface area contributed by atoms with E-state index in [1.165, 1.54) is 10.9 Å². The number of nitrogens with zero attached hydrogens (tertiary/aromatic N) is 3. The van der Waals surface area contributed by atoms with Gasteiger partial charge in [0.25, 0.3) is 0 Å². The lowest BCUT2D eigenvalue weighted by molar-refractivity contribution is -0.122. The van der Waals surface area contributed by atoms with E-state index >= 15 is 0 Å². The fourth-order valence-electron chi connectivity index (χ4n) is 0.844. The minimum atomic E-state index is -0.108. The van der Waals surface area contributed by atoms with Crippen LogP contribution < -0.4 is 11.1 Å². The zero-order chi connectivity index (χ0) is 9.68. The lowest BCUT2D eigenvalue weighted by atomic mass is 10.3. The largest absolute Gasteiger partial charge is 0.351 e. The summed E-state index contributed by atoms with van der Waals surface area (Å²) < 4.78 is 1.46. The Balaban J connectivity index is 2.34. The quantitative estimate of drug-likeness (QED) is 0.610. The van der Waals surface area contributed by atoms with E-state index in [0.29, 0.717) is 6.54 Å². The van der Waals surface area contributed by atoms with Crippen LogP contribution in [-0.2, 0) is 11.3 Å². The Hall–Kier alpha value is -1.43. The number of nitrogens with one attached hydrogen (secondary N) is 1. The molecule has 72 valence electrons. The van der Waals surface area contributed by atoms with Gasteiger partial charge in [0, 0.05) is 18.8 Å². The van der Waals surface area contributed by atoms with Crippen molar-refractivity contribution in [1.29, 1.82) is 0 Å². The molecule has 1 heterocycles. The van der Waals surface area contributed by atoms with Crippen LogP contribution in [0.25, 0.3) is 0 Å². The predicted molar refractivity (Wildman–Crippen MR) is 46.7 cm³/mol. The average molecular weight is 183 g/mol. The highest BCUT2D eigenvalue weighted by molar-refractivity contribution is 5.75. The highest BCUT2D eigenvalue weighted by Gasteiger charge is 2.05. The summed E-state index contributed by atoms with van der Waals surface area (Å²) in [6.45, 7) is 2.46. The summed E-state index contributed by atoms with van der Waals surface area (Å²) in [4.78, 5) is 11.2. The molecule has 0 saturated carbocycles. The van der Waals surface area contributed by atoms with Crippen molar-refractivity contribution in [3.05, 3.63) is 12.4 Å². The first-order valence-corrected chi connectivity index (χ1v) is 4.06. The molecule has 1 atom stereocenters. The Morgan fingerprint density at radius 2 is 2.54 bits per heavy atom. The lowest BCUT2D eigenvalue weighted by Gasteiger charge is -2.10. The van der Waals surface area contributed by atoms with Crippen LogP contribution in [-0.4, -0.2) is 33.5 Å². The number of hydrogen-bond acceptors (Lipinski definition) is 4. The second kappa shape index (κ2) is 4.56. The van der Waals surface area contributed by atoms with Gasteiger partial charge in [0.15, 0.2) is 0 Å². The second-order valence-electron chi connectivity index (χ2n) is 2.80. The third kappa shape index (κ3) is 3.20. The van der Waals surface area contributed by atoms with Crippen molar-refractivity contribution in [2.24, 2.45) is 5.73 Å². The van der Waals surface area contributed by atoms with E-state index in [2.05, 4.69) is 15.6 Å². The standard InChI is InChI=1S/C7H13N5O/c1-6(4-8)10-7(13)5-12-3-2-9-11-12/h2-3,6H,4-5,8H2,1H3,(H,10,13)/t6-/m1/s1. The molecule has 0 radical (unpaired) electrons. The Bertz CT molecular complexity index is 258. The molecule has 0 saturated heterocycles. The minimum absolute atomic E-state index is 0.00368. The first-order valence-electron chi connectivity index (χ1n) is 4.06. The molecule has 1 amide bonds. The Morgan fingerprint density at radius 1 is 1.77 bits per heavy atom. The van der Waals surface area contributed by atoms with Crippen LogP contribution in [0.4, 0.5) is 0 Å². The first kappa shape index (κ1) is 9.66. The normalized spacial score (nSPS) is 12.5. The molecule has 1 rings (SSSR count). The molecular weight excluding hydrogens is 170 g/mol. The second-order valence-corrected chi connectivity index (χ2v) is 2.80. The number of aromatic nitrogens is 3. The van der Waals surface area contributed by atoms with Gasteiger partial charge in [-0.3, -0.25) is 4.79 Å². The predicted octanol–water partition coefficient (Wildman–Crippen LogP) is -1.26. The molecule has 0 aliphatic heterocycles. The summed E-state index contributed by atoms with van der Waals surface area (Å²) in [5.74, 6) is -0.108. The maximum atomic E-state index is 11.2. The van der Waals surface area contributed by atoms with E-state index in [9.17, 15) is 4.79 Å². The van der Waals surface area contributed by atoms with Gasteiger partial charge in [0.2, 0.25) is 5.91 Å². The number of nitrogens with two attached hydrogens (primary N) is 1. The molecule has 0 unspecified atom stereocenters. The molecular formula is C7H13N5O. The van der Waals surface area contributed by atoms with Crippen LogP contribution in [0.5, 0.6) is 0 Å². The van der Waals surface area contributed by atoms with Gasteiger partial charge in [-0.2, -0.15) is 0 Å². The van der Waals surface area contributed by atoms with Crippen LogP contribution >= 0.6 is 0 Å². The van der Waals surface area contributed by atoms with E-state index in [1.807, 2.05) is 6.92 Å². The zero-order valence-electron chi connectivity index (χ0n) is 7.47. The molecule has 13 heavy (non-hydrogen) atoms. The van der Waals surface area contributed by atoms with Crippen LogP contribution in [0.2, 0.25) is 0 Å². The maximum Gasteiger partial charge on any atom is 0.242 e. The van der Waals surface area contributed by atoms with Crippen molar-refractivity contribution < 1.29 is 4.79 Å². The topological polar surface area (TPSA) is 85.8 Å². The van der Waals surface area contributed by atoms with Gasteiger partial charge in [0.1, 0.15) is 6.54 Å². The highest BCUT2D eigenvalue weighted by Crippen LogP contribution is 1.83. The average Bonchev–Trinajstić information content (AvgIpc) is 2.56. The maximum absolute atomic E-state index is 11.2. The monoisotopic (exact) mass is 183 g/mol. The fourth-order valence-corrected chi connectivity index (χ4v) is 0.844. The van der Waals surface area contributed by atoms with Gasteiger partial charge < -0.3 is 11.1 Å². The van der Waals surface area contributed by atoms with E-state index < -0.39 is 0 Å². The first-order chi connectivity index (χ1) is 6.22. The van der Waals surface area contributed by atoms with Crippen molar-refractivity contribution in [3.63, 3.8) is 0 Å². The number of carbonyl (C=O) groups excluding carboxylic acids is 1. The van der Waals surface area contributed by atoms with Crippen molar-refractivity contribution >= 4 is 5.91 Å². The smallest absolute Gasteiger partial charge is 0.242 e. The molecule has 0 fully saturated rings. The van der Waals surface area contributed by atoms with Crippen LogP contribution in [0.15, 0.2) is 12.4 Å². The molecule has 0 aromatic carbocycles. The van der Waals surface area contributed by atoms with Crippen LogP contribution in [0.3, 0.4) is 0 Å². The van der Waals surface area contributed by atoms with Gasteiger partial charge in [-0.25, -0.2) is 4.68 Å². The Kier molecular flexibility index (Phi) is 3.39. The molecule has 0 aliphatic carbocycles. The molecule has 6 heteroatoms. The van der Waals surface area contributed by atoms with Crippen molar-refractivity contribution in [2.45, 2.75) is 19.5 Å². The number of hydrogen-bond donors (Lipinski definition) is 2. The number of carbonyl (C=O) groups is 1. The Labute approximate surface area is 76.1 Å².